The van der Waals surface area contributed by atoms with Crippen molar-refractivity contribution in [3.05, 3.63) is 71.9 Å². The largest absolute Gasteiger partial charge is 0.419 e. The average Bonchev–Trinajstić information content (AvgIpc) is 2.74. The monoisotopic (exact) mass is 412 g/mol. The second-order valence-electron chi connectivity index (χ2n) is 8.02. The van der Waals surface area contributed by atoms with Crippen LogP contribution in [0, 0.1) is 5.41 Å². The minimum absolute atomic E-state index is 0.0106. The average molecular weight is 412 g/mol. The Morgan fingerprint density at radius 3 is 2.33 bits per heavy atom. The minimum Gasteiger partial charge on any atom is -0.324 e. The first-order valence-electron chi connectivity index (χ1n) is 10.2. The molecule has 6 heteroatoms. The predicted octanol–water partition coefficient (Wildman–Crippen LogP) is 6.39. The van der Waals surface area contributed by atoms with Crippen molar-refractivity contribution in [2.45, 2.75) is 44.7 Å². The Hall–Kier alpha value is -2.89. The summed E-state index contributed by atoms with van der Waals surface area (Å²) in [6.07, 6.45) is 1.18. The Labute approximate surface area is 173 Å². The van der Waals surface area contributed by atoms with Crippen LogP contribution in [0.2, 0.25) is 0 Å². The first-order chi connectivity index (χ1) is 14.4. The van der Waals surface area contributed by atoms with Gasteiger partial charge in [0.15, 0.2) is 0 Å². The summed E-state index contributed by atoms with van der Waals surface area (Å²) in [6.45, 7) is 0. The number of nitrogens with zero attached hydrogens (tertiary/aromatic N) is 1. The van der Waals surface area contributed by atoms with E-state index >= 15 is 0 Å². The normalized spacial score (nSPS) is 16.4. The molecule has 0 spiro atoms. The van der Waals surface area contributed by atoms with E-state index in [4.69, 9.17) is 0 Å². The van der Waals surface area contributed by atoms with Gasteiger partial charge >= 0.3 is 6.18 Å². The Kier molecular flexibility index (Phi) is 5.50. The minimum atomic E-state index is -4.61. The Morgan fingerprint density at radius 2 is 1.63 bits per heavy atom. The summed E-state index contributed by atoms with van der Waals surface area (Å²) in [5.41, 5.74) is -0.563. The van der Waals surface area contributed by atoms with Gasteiger partial charge in [-0.25, -0.2) is 0 Å². The standard InChI is InChI=1S/C24H23F3N2O/c25-24(26,27)21-18-11-5-6-12-19(18)28-16-20(21)29-22(30)23(13-7-2-8-14-23)15-17-9-3-1-4-10-17/h1,3-6,9-12,16H,2,7-8,13-15H2,(H,29,30). The van der Waals surface area contributed by atoms with Gasteiger partial charge < -0.3 is 5.32 Å². The maximum Gasteiger partial charge on any atom is 0.419 e. The van der Waals surface area contributed by atoms with Crippen molar-refractivity contribution >= 4 is 22.5 Å². The highest BCUT2D eigenvalue weighted by Crippen LogP contribution is 2.43. The van der Waals surface area contributed by atoms with Gasteiger partial charge in [-0.1, -0.05) is 67.8 Å². The predicted molar refractivity (Wildman–Crippen MR) is 111 cm³/mol. The molecule has 1 N–H and O–H groups in total. The maximum absolute atomic E-state index is 13.9. The van der Waals surface area contributed by atoms with E-state index < -0.39 is 17.2 Å². The zero-order valence-corrected chi connectivity index (χ0v) is 16.5. The number of amides is 1. The second-order valence-corrected chi connectivity index (χ2v) is 8.02. The fourth-order valence-electron chi connectivity index (χ4n) is 4.50. The van der Waals surface area contributed by atoms with Gasteiger partial charge in [-0.3, -0.25) is 9.78 Å². The van der Waals surface area contributed by atoms with Crippen molar-refractivity contribution in [2.75, 3.05) is 5.32 Å². The highest BCUT2D eigenvalue weighted by Gasteiger charge is 2.42. The first kappa shape index (κ1) is 20.4. The molecule has 2 aromatic carbocycles. The van der Waals surface area contributed by atoms with Crippen LogP contribution in [0.1, 0.15) is 43.2 Å². The fourth-order valence-corrected chi connectivity index (χ4v) is 4.50. The van der Waals surface area contributed by atoms with Gasteiger partial charge in [-0.2, -0.15) is 13.2 Å². The van der Waals surface area contributed by atoms with Crippen LogP contribution in [0.15, 0.2) is 60.8 Å². The molecule has 156 valence electrons. The number of halogens is 3. The molecule has 0 bridgehead atoms. The summed E-state index contributed by atoms with van der Waals surface area (Å²) in [5.74, 6) is -0.353. The van der Waals surface area contributed by atoms with E-state index in [2.05, 4.69) is 10.3 Å². The van der Waals surface area contributed by atoms with E-state index in [0.717, 1.165) is 31.0 Å². The van der Waals surface area contributed by atoms with Gasteiger partial charge in [-0.05, 0) is 30.9 Å². The van der Waals surface area contributed by atoms with Crippen LogP contribution in [-0.2, 0) is 17.4 Å². The summed E-state index contributed by atoms with van der Waals surface area (Å²) in [7, 11) is 0. The lowest BCUT2D eigenvalue weighted by Crippen LogP contribution is -2.40. The van der Waals surface area contributed by atoms with Crippen LogP contribution in [0.25, 0.3) is 10.9 Å². The van der Waals surface area contributed by atoms with E-state index in [0.29, 0.717) is 19.3 Å². The van der Waals surface area contributed by atoms with Gasteiger partial charge in [0.25, 0.3) is 0 Å². The lowest BCUT2D eigenvalue weighted by Gasteiger charge is -2.36. The van der Waals surface area contributed by atoms with Crippen LogP contribution in [-0.4, -0.2) is 10.9 Å². The van der Waals surface area contributed by atoms with Gasteiger partial charge in [0.2, 0.25) is 5.91 Å². The molecule has 0 aliphatic heterocycles. The molecular formula is C24H23F3N2O. The number of carbonyl (C=O) groups is 1. The van der Waals surface area contributed by atoms with E-state index in [1.165, 1.54) is 12.1 Å². The molecule has 1 heterocycles. The number of hydrogen-bond acceptors (Lipinski definition) is 2. The number of nitrogens with one attached hydrogen (secondary N) is 1. The Balaban J connectivity index is 1.72. The van der Waals surface area contributed by atoms with E-state index in [9.17, 15) is 18.0 Å². The molecule has 0 saturated heterocycles. The molecule has 1 fully saturated rings. The van der Waals surface area contributed by atoms with Crippen molar-refractivity contribution in [1.82, 2.24) is 4.98 Å². The third-order valence-electron chi connectivity index (χ3n) is 5.98. The highest BCUT2D eigenvalue weighted by atomic mass is 19.4. The summed E-state index contributed by atoms with van der Waals surface area (Å²) in [6, 6.07) is 15.8. The summed E-state index contributed by atoms with van der Waals surface area (Å²) >= 11 is 0. The molecule has 1 amide bonds. The van der Waals surface area contributed by atoms with Crippen molar-refractivity contribution in [3.8, 4) is 0 Å². The number of hydrogen-bond donors (Lipinski definition) is 1. The molecule has 4 rings (SSSR count). The summed E-state index contributed by atoms with van der Waals surface area (Å²) in [5, 5.41) is 2.61. The van der Waals surface area contributed by atoms with Gasteiger partial charge in [0, 0.05) is 5.39 Å². The number of fused-ring (bicyclic) bond motifs is 1. The van der Waals surface area contributed by atoms with Gasteiger partial charge in [-0.15, -0.1) is 0 Å². The highest BCUT2D eigenvalue weighted by molar-refractivity contribution is 5.99. The number of rotatable bonds is 4. The zero-order chi connectivity index (χ0) is 21.2. The van der Waals surface area contributed by atoms with E-state index in [1.807, 2.05) is 30.3 Å². The lowest BCUT2D eigenvalue weighted by molar-refractivity contribution is -0.135. The van der Waals surface area contributed by atoms with Crippen LogP contribution in [0.5, 0.6) is 0 Å². The fraction of sp³-hybridized carbons (Fsp3) is 0.333. The number of pyridine rings is 1. The van der Waals surface area contributed by atoms with E-state index in [-0.39, 0.29) is 22.5 Å². The van der Waals surface area contributed by atoms with Crippen molar-refractivity contribution in [2.24, 2.45) is 5.41 Å². The smallest absolute Gasteiger partial charge is 0.324 e. The van der Waals surface area contributed by atoms with Crippen molar-refractivity contribution in [3.63, 3.8) is 0 Å². The number of alkyl halides is 3. The molecular weight excluding hydrogens is 389 g/mol. The topological polar surface area (TPSA) is 42.0 Å². The molecule has 0 atom stereocenters. The molecule has 1 saturated carbocycles. The number of anilines is 1. The number of para-hydroxylation sites is 1. The molecule has 1 aromatic heterocycles. The molecule has 1 aliphatic rings. The number of benzene rings is 2. The van der Waals surface area contributed by atoms with Crippen molar-refractivity contribution in [1.29, 1.82) is 0 Å². The Bertz CT molecular complexity index is 1040. The van der Waals surface area contributed by atoms with Crippen LogP contribution < -0.4 is 5.32 Å². The molecule has 0 unspecified atom stereocenters. The third kappa shape index (κ3) is 4.04. The lowest BCUT2D eigenvalue weighted by atomic mass is 9.69. The van der Waals surface area contributed by atoms with Gasteiger partial charge in [0.1, 0.15) is 0 Å². The number of aromatic nitrogens is 1. The first-order valence-corrected chi connectivity index (χ1v) is 10.2. The van der Waals surface area contributed by atoms with Crippen molar-refractivity contribution < 1.29 is 18.0 Å². The Morgan fingerprint density at radius 1 is 0.967 bits per heavy atom. The molecule has 3 aromatic rings. The second kappa shape index (κ2) is 8.09. The van der Waals surface area contributed by atoms with Crippen LogP contribution in [0.3, 0.4) is 0 Å². The summed E-state index contributed by atoms with van der Waals surface area (Å²) < 4.78 is 41.8. The third-order valence-corrected chi connectivity index (χ3v) is 5.98. The SMILES string of the molecule is O=C(Nc1cnc2ccccc2c1C(F)(F)F)C1(Cc2ccccc2)CCCCC1. The molecule has 30 heavy (non-hydrogen) atoms. The van der Waals surface area contributed by atoms with Gasteiger partial charge in [0.05, 0.1) is 28.4 Å². The summed E-state index contributed by atoms with van der Waals surface area (Å²) in [4.78, 5) is 17.5. The van der Waals surface area contributed by atoms with Crippen LogP contribution >= 0.6 is 0 Å². The van der Waals surface area contributed by atoms with E-state index in [1.54, 1.807) is 12.1 Å². The maximum atomic E-state index is 13.9. The quantitative estimate of drug-likeness (QED) is 0.540. The van der Waals surface area contributed by atoms with Crippen LogP contribution in [0.4, 0.5) is 18.9 Å². The molecule has 1 aliphatic carbocycles. The molecule has 3 nitrogen and oxygen atoms in total. The molecule has 0 radical (unpaired) electrons. The number of carbonyl (C=O) groups excluding carboxylic acids is 1. The zero-order valence-electron chi connectivity index (χ0n) is 16.5.